The minimum atomic E-state index is 0.964. The van der Waals surface area contributed by atoms with Crippen LogP contribution in [0.3, 0.4) is 0 Å². The molecule has 0 aromatic heterocycles. The van der Waals surface area contributed by atoms with Gasteiger partial charge >= 0.3 is 0 Å². The second-order valence-corrected chi connectivity index (χ2v) is 6.23. The molecule has 0 saturated heterocycles. The maximum absolute atomic E-state index is 3.63. The zero-order valence-corrected chi connectivity index (χ0v) is 13.1. The molecule has 2 rings (SSSR count). The van der Waals surface area contributed by atoms with Crippen molar-refractivity contribution in [1.82, 2.24) is 0 Å². The summed E-state index contributed by atoms with van der Waals surface area (Å²) >= 11 is 6.58. The lowest BCUT2D eigenvalue weighted by molar-refractivity contribution is 1.66. The molecule has 0 radical (unpaired) electrons. The molecule has 2 aromatic carbocycles. The first-order valence-electron chi connectivity index (χ1n) is 5.47. The SMILES string of the molecule is BrC(Br)=Cc1ccccc1.C=Cc1ccccc1. The lowest BCUT2D eigenvalue weighted by Gasteiger charge is -1.89. The van der Waals surface area contributed by atoms with E-state index in [-0.39, 0.29) is 0 Å². The summed E-state index contributed by atoms with van der Waals surface area (Å²) in [7, 11) is 0. The molecule has 0 aliphatic rings. The maximum Gasteiger partial charge on any atom is 0.0610 e. The van der Waals surface area contributed by atoms with E-state index in [1.54, 1.807) is 0 Å². The van der Waals surface area contributed by atoms with E-state index in [9.17, 15) is 0 Å². The second kappa shape index (κ2) is 8.90. The van der Waals surface area contributed by atoms with Crippen LogP contribution in [0, 0.1) is 0 Å². The summed E-state index contributed by atoms with van der Waals surface area (Å²) in [5.74, 6) is 0. The molecule has 0 N–H and O–H groups in total. The Morgan fingerprint density at radius 3 is 1.56 bits per heavy atom. The molecule has 0 aliphatic carbocycles. The molecule has 0 saturated carbocycles. The number of hydrogen-bond acceptors (Lipinski definition) is 0. The first kappa shape index (κ1) is 14.9. The quantitative estimate of drug-likeness (QED) is 0.602. The molecule has 0 nitrogen and oxygen atoms in total. The largest absolute Gasteiger partial charge is 0.0985 e. The van der Waals surface area contributed by atoms with Crippen LogP contribution in [0.2, 0.25) is 0 Å². The molecule has 0 unspecified atom stereocenters. The van der Waals surface area contributed by atoms with Crippen molar-refractivity contribution in [1.29, 1.82) is 0 Å². The third kappa shape index (κ3) is 6.58. The van der Waals surface area contributed by atoms with Crippen LogP contribution in [0.25, 0.3) is 12.2 Å². The first-order valence-corrected chi connectivity index (χ1v) is 7.06. The van der Waals surface area contributed by atoms with E-state index in [1.807, 2.05) is 72.8 Å². The third-order valence-electron chi connectivity index (χ3n) is 2.11. The smallest absolute Gasteiger partial charge is 0.0610 e. The van der Waals surface area contributed by atoms with E-state index < -0.39 is 0 Å². The predicted molar refractivity (Wildman–Crippen MR) is 88.8 cm³/mol. The highest BCUT2D eigenvalue weighted by atomic mass is 79.9. The van der Waals surface area contributed by atoms with Crippen LogP contribution in [-0.4, -0.2) is 0 Å². The molecule has 92 valence electrons. The van der Waals surface area contributed by atoms with E-state index in [2.05, 4.69) is 38.4 Å². The Hall–Kier alpha value is -1.12. The molecule has 0 spiro atoms. The van der Waals surface area contributed by atoms with Gasteiger partial charge in [-0.25, -0.2) is 0 Å². The average Bonchev–Trinajstić information content (AvgIpc) is 2.41. The highest BCUT2D eigenvalue weighted by molar-refractivity contribution is 9.28. The van der Waals surface area contributed by atoms with Crippen molar-refractivity contribution < 1.29 is 0 Å². The molecule has 0 atom stereocenters. The van der Waals surface area contributed by atoms with Gasteiger partial charge in [0.05, 0.1) is 3.39 Å². The van der Waals surface area contributed by atoms with E-state index in [1.165, 1.54) is 11.1 Å². The van der Waals surface area contributed by atoms with Crippen LogP contribution in [0.4, 0.5) is 0 Å². The fourth-order valence-corrected chi connectivity index (χ4v) is 1.79. The highest BCUT2D eigenvalue weighted by Crippen LogP contribution is 2.17. The first-order chi connectivity index (χ1) is 8.72. The van der Waals surface area contributed by atoms with E-state index in [0.717, 1.165) is 3.39 Å². The van der Waals surface area contributed by atoms with Crippen LogP contribution in [-0.2, 0) is 0 Å². The van der Waals surface area contributed by atoms with Crippen molar-refractivity contribution >= 4 is 44.0 Å². The number of benzene rings is 2. The van der Waals surface area contributed by atoms with Crippen LogP contribution in [0.5, 0.6) is 0 Å². The van der Waals surface area contributed by atoms with Crippen molar-refractivity contribution in [2.45, 2.75) is 0 Å². The normalized spacial score (nSPS) is 8.78. The summed E-state index contributed by atoms with van der Waals surface area (Å²) < 4.78 is 0.964. The number of halogens is 2. The average molecular weight is 366 g/mol. The van der Waals surface area contributed by atoms with Crippen molar-refractivity contribution in [3.63, 3.8) is 0 Å². The van der Waals surface area contributed by atoms with Gasteiger partial charge < -0.3 is 0 Å². The van der Waals surface area contributed by atoms with E-state index in [4.69, 9.17) is 0 Å². The molecule has 0 amide bonds. The molecular formula is C16H14Br2. The Kier molecular flexibility index (Phi) is 7.38. The fourth-order valence-electron chi connectivity index (χ4n) is 1.26. The molecule has 2 aromatic rings. The summed E-state index contributed by atoms with van der Waals surface area (Å²) in [6.45, 7) is 3.63. The zero-order valence-electron chi connectivity index (χ0n) is 9.89. The Bertz CT molecular complexity index is 483. The van der Waals surface area contributed by atoms with Crippen LogP contribution in [0.1, 0.15) is 11.1 Å². The van der Waals surface area contributed by atoms with Crippen molar-refractivity contribution in [3.05, 3.63) is 81.8 Å². The van der Waals surface area contributed by atoms with Gasteiger partial charge in [0.1, 0.15) is 0 Å². The second-order valence-electron chi connectivity index (χ2n) is 3.46. The van der Waals surface area contributed by atoms with Crippen molar-refractivity contribution in [2.24, 2.45) is 0 Å². The Balaban J connectivity index is 0.000000184. The van der Waals surface area contributed by atoms with Gasteiger partial charge in [0.2, 0.25) is 0 Å². The lowest BCUT2D eigenvalue weighted by atomic mass is 10.2. The summed E-state index contributed by atoms with van der Waals surface area (Å²) in [5, 5.41) is 0. The Morgan fingerprint density at radius 2 is 1.22 bits per heavy atom. The zero-order chi connectivity index (χ0) is 13.2. The van der Waals surface area contributed by atoms with Gasteiger partial charge in [-0.3, -0.25) is 0 Å². The van der Waals surface area contributed by atoms with Gasteiger partial charge in [0.15, 0.2) is 0 Å². The summed E-state index contributed by atoms with van der Waals surface area (Å²) in [6, 6.07) is 20.1. The molecule has 0 heterocycles. The number of hydrogen-bond donors (Lipinski definition) is 0. The minimum Gasteiger partial charge on any atom is -0.0985 e. The van der Waals surface area contributed by atoms with Crippen LogP contribution in [0.15, 0.2) is 70.6 Å². The highest BCUT2D eigenvalue weighted by Gasteiger charge is 1.84. The van der Waals surface area contributed by atoms with Crippen molar-refractivity contribution in [3.8, 4) is 0 Å². The maximum atomic E-state index is 3.63. The topological polar surface area (TPSA) is 0 Å². The number of rotatable bonds is 2. The van der Waals surface area contributed by atoms with Gasteiger partial charge in [-0.05, 0) is 49.1 Å². The van der Waals surface area contributed by atoms with E-state index in [0.29, 0.717) is 0 Å². The van der Waals surface area contributed by atoms with Crippen molar-refractivity contribution in [2.75, 3.05) is 0 Å². The molecule has 0 bridgehead atoms. The molecule has 0 fully saturated rings. The Morgan fingerprint density at radius 1 is 0.778 bits per heavy atom. The molecular weight excluding hydrogens is 352 g/mol. The molecule has 0 aliphatic heterocycles. The lowest BCUT2D eigenvalue weighted by Crippen LogP contribution is -1.66. The molecule has 18 heavy (non-hydrogen) atoms. The van der Waals surface area contributed by atoms with Gasteiger partial charge in [-0.1, -0.05) is 73.3 Å². The van der Waals surface area contributed by atoms with Crippen LogP contribution < -0.4 is 0 Å². The summed E-state index contributed by atoms with van der Waals surface area (Å²) in [5.41, 5.74) is 2.36. The molecule has 2 heteroatoms. The van der Waals surface area contributed by atoms with Crippen LogP contribution >= 0.6 is 31.9 Å². The Labute approximate surface area is 125 Å². The predicted octanol–water partition coefficient (Wildman–Crippen LogP) is 6.10. The van der Waals surface area contributed by atoms with Gasteiger partial charge in [0.25, 0.3) is 0 Å². The van der Waals surface area contributed by atoms with Gasteiger partial charge in [0, 0.05) is 0 Å². The third-order valence-corrected chi connectivity index (χ3v) is 2.57. The minimum absolute atomic E-state index is 0.964. The van der Waals surface area contributed by atoms with E-state index >= 15 is 0 Å². The summed E-state index contributed by atoms with van der Waals surface area (Å²) in [6.07, 6.45) is 3.83. The fraction of sp³-hybridized carbons (Fsp3) is 0. The monoisotopic (exact) mass is 364 g/mol. The van der Waals surface area contributed by atoms with Gasteiger partial charge in [-0.2, -0.15) is 0 Å². The standard InChI is InChI=1S/C8H6Br2.C8H8/c9-8(10)6-7-4-2-1-3-5-7;1-2-8-6-4-3-5-7-8/h1-6H;2-7H,1H2. The van der Waals surface area contributed by atoms with Gasteiger partial charge in [-0.15, -0.1) is 0 Å². The summed E-state index contributed by atoms with van der Waals surface area (Å²) in [4.78, 5) is 0.